The van der Waals surface area contributed by atoms with Gasteiger partial charge in [0.15, 0.2) is 0 Å². The Balaban J connectivity index is 2.31. The van der Waals surface area contributed by atoms with Crippen molar-refractivity contribution in [2.75, 3.05) is 6.61 Å². The highest BCUT2D eigenvalue weighted by Crippen LogP contribution is 2.25. The molecule has 3 nitrogen and oxygen atoms in total. The lowest BCUT2D eigenvalue weighted by molar-refractivity contribution is -0.151. The van der Waals surface area contributed by atoms with Crippen LogP contribution in [0.15, 0.2) is 42.5 Å². The minimum atomic E-state index is -0.991. The molecule has 0 aromatic heterocycles. The predicted molar refractivity (Wildman–Crippen MR) is 90.3 cm³/mol. The zero-order chi connectivity index (χ0) is 16.1. The van der Waals surface area contributed by atoms with E-state index < -0.39 is 12.1 Å². The van der Waals surface area contributed by atoms with Crippen molar-refractivity contribution in [3.05, 3.63) is 63.0 Å². The highest BCUT2D eigenvalue weighted by Gasteiger charge is 2.25. The number of esters is 1. The van der Waals surface area contributed by atoms with Gasteiger partial charge in [0.05, 0.1) is 6.61 Å². The van der Waals surface area contributed by atoms with Crippen LogP contribution in [0.25, 0.3) is 0 Å². The number of carbonyl (C=O) groups excluding carboxylic acids is 1. The molecule has 0 amide bonds. The van der Waals surface area contributed by atoms with Gasteiger partial charge in [-0.2, -0.15) is 0 Å². The molecule has 0 bridgehead atoms. The Morgan fingerprint density at radius 1 is 1.23 bits per heavy atom. The van der Waals surface area contributed by atoms with Crippen LogP contribution in [0, 0.1) is 16.3 Å². The van der Waals surface area contributed by atoms with Gasteiger partial charge in [-0.05, 0) is 72.3 Å². The molecule has 0 aliphatic heterocycles. The van der Waals surface area contributed by atoms with Crippen molar-refractivity contribution < 1.29 is 18.7 Å². The number of aryl methyl sites for hydroxylation is 1. The van der Waals surface area contributed by atoms with Crippen molar-refractivity contribution >= 4 is 28.6 Å². The smallest absolute Gasteiger partial charge is 0.352 e. The van der Waals surface area contributed by atoms with Crippen LogP contribution in [0.2, 0.25) is 0 Å². The Morgan fingerprint density at radius 3 is 2.50 bits per heavy atom. The molecule has 0 aliphatic rings. The second-order valence-corrected chi connectivity index (χ2v) is 5.96. The van der Waals surface area contributed by atoms with Crippen LogP contribution in [0.3, 0.4) is 0 Å². The first-order valence-electron chi connectivity index (χ1n) is 6.86. The third kappa shape index (κ3) is 4.19. The zero-order valence-corrected chi connectivity index (χ0v) is 14.5. The number of ether oxygens (including phenoxy) is 2. The lowest BCUT2D eigenvalue weighted by Crippen LogP contribution is -2.21. The van der Waals surface area contributed by atoms with Gasteiger partial charge in [-0.3, -0.25) is 0 Å². The molecule has 2 rings (SSSR count). The van der Waals surface area contributed by atoms with E-state index in [-0.39, 0.29) is 12.4 Å². The third-order valence-electron chi connectivity index (χ3n) is 3.07. The molecule has 22 heavy (non-hydrogen) atoms. The molecule has 1 atom stereocenters. The highest BCUT2D eigenvalue weighted by molar-refractivity contribution is 14.1. The molecular weight excluding hydrogens is 398 g/mol. The molecule has 0 saturated heterocycles. The molecular formula is C17H16FIO3. The molecule has 0 saturated carbocycles. The van der Waals surface area contributed by atoms with Crippen molar-refractivity contribution in [1.29, 1.82) is 0 Å². The molecule has 0 heterocycles. The molecule has 116 valence electrons. The second-order valence-electron chi connectivity index (χ2n) is 4.71. The number of rotatable bonds is 5. The lowest BCUT2D eigenvalue weighted by atomic mass is 10.1. The van der Waals surface area contributed by atoms with Crippen molar-refractivity contribution in [1.82, 2.24) is 0 Å². The Hall–Kier alpha value is -1.63. The maximum Gasteiger partial charge on any atom is 0.352 e. The fraction of sp³-hybridized carbons (Fsp3) is 0.235. The number of hydrogen-bond acceptors (Lipinski definition) is 3. The van der Waals surface area contributed by atoms with E-state index in [4.69, 9.17) is 9.47 Å². The van der Waals surface area contributed by atoms with Crippen LogP contribution in [0.4, 0.5) is 4.39 Å². The summed E-state index contributed by atoms with van der Waals surface area (Å²) in [4.78, 5) is 12.1. The SMILES string of the molecule is CCOC(=O)C(Oc1ccc(I)cc1)c1ccc(C)c(F)c1. The summed E-state index contributed by atoms with van der Waals surface area (Å²) in [6.45, 7) is 3.62. The lowest BCUT2D eigenvalue weighted by Gasteiger charge is -2.18. The third-order valence-corrected chi connectivity index (χ3v) is 3.79. The number of hydrogen-bond donors (Lipinski definition) is 0. The summed E-state index contributed by atoms with van der Waals surface area (Å²) in [5.74, 6) is -0.387. The molecule has 1 unspecified atom stereocenters. The van der Waals surface area contributed by atoms with Gasteiger partial charge in [-0.1, -0.05) is 12.1 Å². The molecule has 0 radical (unpaired) electrons. The van der Waals surface area contributed by atoms with Gasteiger partial charge in [0.25, 0.3) is 0 Å². The highest BCUT2D eigenvalue weighted by atomic mass is 127. The van der Waals surface area contributed by atoms with Gasteiger partial charge < -0.3 is 9.47 Å². The summed E-state index contributed by atoms with van der Waals surface area (Å²) in [5.41, 5.74) is 0.945. The van der Waals surface area contributed by atoms with Gasteiger partial charge in [-0.25, -0.2) is 9.18 Å². The fourth-order valence-electron chi connectivity index (χ4n) is 1.89. The maximum absolute atomic E-state index is 13.8. The summed E-state index contributed by atoms with van der Waals surface area (Å²) in [5, 5.41) is 0. The van der Waals surface area contributed by atoms with Gasteiger partial charge in [0.1, 0.15) is 11.6 Å². The first kappa shape index (κ1) is 16.7. The van der Waals surface area contributed by atoms with Crippen LogP contribution in [0.5, 0.6) is 5.75 Å². The van der Waals surface area contributed by atoms with E-state index in [2.05, 4.69) is 22.6 Å². The molecule has 2 aromatic rings. The standard InChI is InChI=1S/C17H16FIO3/c1-3-21-17(20)16(12-5-4-11(2)15(18)10-12)22-14-8-6-13(19)7-9-14/h4-10,16H,3H2,1-2H3. The Labute approximate surface area is 142 Å². The van der Waals surface area contributed by atoms with E-state index >= 15 is 0 Å². The Bertz CT molecular complexity index is 655. The van der Waals surface area contributed by atoms with Crippen molar-refractivity contribution in [2.45, 2.75) is 20.0 Å². The Morgan fingerprint density at radius 2 is 1.91 bits per heavy atom. The quantitative estimate of drug-likeness (QED) is 0.537. The first-order chi connectivity index (χ1) is 10.5. The largest absolute Gasteiger partial charge is 0.474 e. The summed E-state index contributed by atoms with van der Waals surface area (Å²) >= 11 is 2.18. The monoisotopic (exact) mass is 414 g/mol. The van der Waals surface area contributed by atoms with Crippen molar-refractivity contribution in [3.63, 3.8) is 0 Å². The molecule has 0 N–H and O–H groups in total. The van der Waals surface area contributed by atoms with Crippen LogP contribution in [0.1, 0.15) is 24.2 Å². The number of halogens is 2. The minimum Gasteiger partial charge on any atom is -0.474 e. The summed E-state index contributed by atoms with van der Waals surface area (Å²) in [6, 6.07) is 11.9. The summed E-state index contributed by atoms with van der Waals surface area (Å²) < 4.78 is 25.6. The predicted octanol–water partition coefficient (Wildman–Crippen LogP) is 4.42. The van der Waals surface area contributed by atoms with Crippen LogP contribution in [-0.4, -0.2) is 12.6 Å². The van der Waals surface area contributed by atoms with E-state index in [1.807, 2.05) is 12.1 Å². The van der Waals surface area contributed by atoms with Crippen LogP contribution in [-0.2, 0) is 9.53 Å². The van der Waals surface area contributed by atoms with Crippen LogP contribution < -0.4 is 4.74 Å². The average Bonchev–Trinajstić information content (AvgIpc) is 2.50. The van der Waals surface area contributed by atoms with Gasteiger partial charge >= 0.3 is 5.97 Å². The van der Waals surface area contributed by atoms with E-state index in [1.165, 1.54) is 6.07 Å². The maximum atomic E-state index is 13.8. The normalized spacial score (nSPS) is 11.8. The topological polar surface area (TPSA) is 35.5 Å². The number of carbonyl (C=O) groups is 1. The van der Waals surface area contributed by atoms with E-state index in [0.29, 0.717) is 16.9 Å². The molecule has 2 aromatic carbocycles. The second kappa shape index (κ2) is 7.58. The summed E-state index contributed by atoms with van der Waals surface area (Å²) in [6.07, 6.45) is -0.991. The van der Waals surface area contributed by atoms with E-state index in [9.17, 15) is 9.18 Å². The molecule has 0 fully saturated rings. The first-order valence-corrected chi connectivity index (χ1v) is 7.94. The molecule has 0 aliphatic carbocycles. The van der Waals surface area contributed by atoms with Gasteiger partial charge in [0.2, 0.25) is 6.10 Å². The van der Waals surface area contributed by atoms with Crippen molar-refractivity contribution in [3.8, 4) is 5.75 Å². The van der Waals surface area contributed by atoms with Crippen LogP contribution >= 0.6 is 22.6 Å². The molecule has 5 heteroatoms. The Kier molecular flexibility index (Phi) is 5.76. The van der Waals surface area contributed by atoms with Crippen molar-refractivity contribution in [2.24, 2.45) is 0 Å². The minimum absolute atomic E-state index is 0.236. The average molecular weight is 414 g/mol. The molecule has 0 spiro atoms. The summed E-state index contributed by atoms with van der Waals surface area (Å²) in [7, 11) is 0. The number of benzene rings is 2. The van der Waals surface area contributed by atoms with Gasteiger partial charge in [-0.15, -0.1) is 0 Å². The zero-order valence-electron chi connectivity index (χ0n) is 12.3. The van der Waals surface area contributed by atoms with E-state index in [1.54, 1.807) is 38.1 Å². The van der Waals surface area contributed by atoms with Gasteiger partial charge in [0, 0.05) is 9.13 Å². The van der Waals surface area contributed by atoms with E-state index in [0.717, 1.165) is 3.57 Å². The fourth-order valence-corrected chi connectivity index (χ4v) is 2.25.